The third-order valence-corrected chi connectivity index (χ3v) is 3.10. The largest absolute Gasteiger partial charge is 0.338 e. The normalized spacial score (nSPS) is 12.7. The molecule has 21 heavy (non-hydrogen) atoms. The highest BCUT2D eigenvalue weighted by atomic mass is 19.2. The number of aromatic nitrogens is 2. The summed E-state index contributed by atoms with van der Waals surface area (Å²) in [6, 6.07) is -1.32. The molecule has 4 nitrogen and oxygen atoms in total. The molecule has 0 radical (unpaired) electrons. The van der Waals surface area contributed by atoms with Crippen LogP contribution < -0.4 is 11.3 Å². The van der Waals surface area contributed by atoms with Crippen LogP contribution >= 0.6 is 0 Å². The summed E-state index contributed by atoms with van der Waals surface area (Å²) in [6.07, 6.45) is 2.85. The second kappa shape index (κ2) is 5.78. The number of halogens is 5. The van der Waals surface area contributed by atoms with Gasteiger partial charge in [0.15, 0.2) is 23.3 Å². The van der Waals surface area contributed by atoms with Crippen molar-refractivity contribution in [2.24, 2.45) is 12.9 Å². The Morgan fingerprint density at radius 1 is 1.10 bits per heavy atom. The van der Waals surface area contributed by atoms with Crippen LogP contribution in [0.1, 0.15) is 17.4 Å². The molecular formula is C12H11F5N4. The molecule has 0 bridgehead atoms. The number of nitrogens with zero attached hydrogens (tertiary/aromatic N) is 2. The minimum absolute atomic E-state index is 0.154. The van der Waals surface area contributed by atoms with Gasteiger partial charge >= 0.3 is 0 Å². The molecule has 1 aromatic heterocycles. The van der Waals surface area contributed by atoms with Crippen molar-refractivity contribution in [3.05, 3.63) is 52.9 Å². The Hall–Kier alpha value is -2.00. The monoisotopic (exact) mass is 306 g/mol. The van der Waals surface area contributed by atoms with Crippen molar-refractivity contribution < 1.29 is 22.0 Å². The molecule has 0 spiro atoms. The van der Waals surface area contributed by atoms with E-state index in [0.717, 1.165) is 0 Å². The van der Waals surface area contributed by atoms with Gasteiger partial charge in [-0.05, 0) is 0 Å². The molecule has 0 aliphatic carbocycles. The highest BCUT2D eigenvalue weighted by molar-refractivity contribution is 5.27. The molecule has 1 atom stereocenters. The first kappa shape index (κ1) is 15.4. The predicted octanol–water partition coefficient (Wildman–Crippen LogP) is 1.86. The van der Waals surface area contributed by atoms with Crippen molar-refractivity contribution in [2.75, 3.05) is 0 Å². The summed E-state index contributed by atoms with van der Waals surface area (Å²) in [4.78, 5) is 3.91. The average molecular weight is 306 g/mol. The first-order valence-electron chi connectivity index (χ1n) is 5.82. The van der Waals surface area contributed by atoms with Crippen LogP contribution in [0, 0.1) is 29.1 Å². The third kappa shape index (κ3) is 2.61. The Balaban J connectivity index is 2.50. The summed E-state index contributed by atoms with van der Waals surface area (Å²) in [6.45, 7) is 0. The van der Waals surface area contributed by atoms with Crippen LogP contribution in [0.5, 0.6) is 0 Å². The number of hydrazine groups is 1. The molecule has 2 aromatic rings. The van der Waals surface area contributed by atoms with E-state index in [1.165, 1.54) is 10.8 Å². The van der Waals surface area contributed by atoms with Crippen molar-refractivity contribution in [1.82, 2.24) is 15.0 Å². The number of rotatable bonds is 4. The number of hydrogen-bond acceptors (Lipinski definition) is 3. The average Bonchev–Trinajstić information content (AvgIpc) is 2.87. The number of imidazole rings is 1. The second-order valence-electron chi connectivity index (χ2n) is 4.36. The van der Waals surface area contributed by atoms with Crippen LogP contribution in [0.25, 0.3) is 0 Å². The van der Waals surface area contributed by atoms with E-state index < -0.39 is 40.7 Å². The van der Waals surface area contributed by atoms with E-state index in [-0.39, 0.29) is 6.42 Å². The maximum atomic E-state index is 13.7. The molecule has 2 rings (SSSR count). The van der Waals surface area contributed by atoms with E-state index in [2.05, 4.69) is 10.4 Å². The summed E-state index contributed by atoms with van der Waals surface area (Å²) in [7, 11) is 1.62. The van der Waals surface area contributed by atoms with Crippen molar-refractivity contribution in [3.63, 3.8) is 0 Å². The molecule has 1 aromatic carbocycles. The van der Waals surface area contributed by atoms with E-state index in [9.17, 15) is 22.0 Å². The first-order chi connectivity index (χ1) is 9.88. The summed E-state index contributed by atoms with van der Waals surface area (Å²) in [5, 5.41) is 0. The lowest BCUT2D eigenvalue weighted by atomic mass is 10.0. The van der Waals surface area contributed by atoms with Gasteiger partial charge in [0.2, 0.25) is 5.82 Å². The van der Waals surface area contributed by atoms with Gasteiger partial charge in [0.1, 0.15) is 5.82 Å². The second-order valence-corrected chi connectivity index (χ2v) is 4.36. The van der Waals surface area contributed by atoms with E-state index in [1.54, 1.807) is 13.2 Å². The molecule has 1 unspecified atom stereocenters. The summed E-state index contributed by atoms with van der Waals surface area (Å²) in [5.41, 5.74) is 1.03. The zero-order chi connectivity index (χ0) is 15.7. The zero-order valence-corrected chi connectivity index (χ0v) is 10.8. The molecule has 0 saturated carbocycles. The fraction of sp³-hybridized carbons (Fsp3) is 0.250. The fourth-order valence-corrected chi connectivity index (χ4v) is 1.95. The van der Waals surface area contributed by atoms with Crippen molar-refractivity contribution >= 4 is 0 Å². The highest BCUT2D eigenvalue weighted by Crippen LogP contribution is 2.29. The van der Waals surface area contributed by atoms with Crippen LogP contribution in [0.3, 0.4) is 0 Å². The SMILES string of the molecule is Cn1ccnc1CC(NN)c1c(F)c(F)c(F)c(F)c1F. The van der Waals surface area contributed by atoms with Gasteiger partial charge in [0.25, 0.3) is 0 Å². The van der Waals surface area contributed by atoms with Gasteiger partial charge in [-0.1, -0.05) is 0 Å². The first-order valence-corrected chi connectivity index (χ1v) is 5.82. The maximum Gasteiger partial charge on any atom is 0.200 e. The lowest BCUT2D eigenvalue weighted by Crippen LogP contribution is -2.32. The lowest BCUT2D eigenvalue weighted by molar-refractivity contribution is 0.354. The highest BCUT2D eigenvalue weighted by Gasteiger charge is 2.30. The molecule has 3 N–H and O–H groups in total. The van der Waals surface area contributed by atoms with E-state index in [1.807, 2.05) is 0 Å². The standard InChI is InChI=1S/C12H11F5N4/c1-21-3-2-19-6(21)4-5(20-18)7-8(13)10(15)12(17)11(16)9(7)14/h2-3,5,20H,4,18H2,1H3. The minimum atomic E-state index is -2.21. The zero-order valence-electron chi connectivity index (χ0n) is 10.8. The van der Waals surface area contributed by atoms with Gasteiger partial charge in [-0.25, -0.2) is 26.9 Å². The molecule has 0 amide bonds. The topological polar surface area (TPSA) is 55.9 Å². The Bertz CT molecular complexity index is 641. The number of aryl methyl sites for hydroxylation is 1. The molecule has 0 aliphatic heterocycles. The van der Waals surface area contributed by atoms with Crippen LogP contribution in [0.4, 0.5) is 22.0 Å². The molecule has 9 heteroatoms. The van der Waals surface area contributed by atoms with Crippen LogP contribution in [-0.2, 0) is 13.5 Å². The number of nitrogens with two attached hydrogens (primary N) is 1. The lowest BCUT2D eigenvalue weighted by Gasteiger charge is -2.18. The van der Waals surface area contributed by atoms with Gasteiger partial charge in [0.05, 0.1) is 6.04 Å². The Labute approximate surface area is 116 Å². The smallest absolute Gasteiger partial charge is 0.200 e. The van der Waals surface area contributed by atoms with Gasteiger partial charge in [0, 0.05) is 31.4 Å². The molecule has 1 heterocycles. The fourth-order valence-electron chi connectivity index (χ4n) is 1.95. The van der Waals surface area contributed by atoms with E-state index in [0.29, 0.717) is 5.82 Å². The maximum absolute atomic E-state index is 13.7. The minimum Gasteiger partial charge on any atom is -0.338 e. The van der Waals surface area contributed by atoms with Gasteiger partial charge < -0.3 is 4.57 Å². The van der Waals surface area contributed by atoms with Crippen molar-refractivity contribution in [3.8, 4) is 0 Å². The number of nitrogens with one attached hydrogen (secondary N) is 1. The third-order valence-electron chi connectivity index (χ3n) is 3.10. The van der Waals surface area contributed by atoms with Crippen LogP contribution in [0.2, 0.25) is 0 Å². The molecule has 0 fully saturated rings. The molecular weight excluding hydrogens is 295 g/mol. The molecule has 114 valence electrons. The summed E-state index contributed by atoms with van der Waals surface area (Å²) in [5.74, 6) is -4.50. The predicted molar refractivity (Wildman–Crippen MR) is 63.2 cm³/mol. The quantitative estimate of drug-likeness (QED) is 0.298. The van der Waals surface area contributed by atoms with Gasteiger partial charge in [-0.15, -0.1) is 0 Å². The van der Waals surface area contributed by atoms with Crippen molar-refractivity contribution in [1.29, 1.82) is 0 Å². The van der Waals surface area contributed by atoms with Crippen molar-refractivity contribution in [2.45, 2.75) is 12.5 Å². The van der Waals surface area contributed by atoms with Gasteiger partial charge in [-0.3, -0.25) is 11.3 Å². The molecule has 0 saturated heterocycles. The number of hydrogen-bond donors (Lipinski definition) is 2. The summed E-state index contributed by atoms with van der Waals surface area (Å²) < 4.78 is 68.4. The van der Waals surface area contributed by atoms with E-state index in [4.69, 9.17) is 5.84 Å². The molecule has 0 aliphatic rings. The Morgan fingerprint density at radius 2 is 1.62 bits per heavy atom. The van der Waals surface area contributed by atoms with Crippen LogP contribution in [-0.4, -0.2) is 9.55 Å². The van der Waals surface area contributed by atoms with Crippen LogP contribution in [0.15, 0.2) is 12.4 Å². The Kier molecular flexibility index (Phi) is 4.24. The van der Waals surface area contributed by atoms with E-state index >= 15 is 0 Å². The summed E-state index contributed by atoms with van der Waals surface area (Å²) >= 11 is 0. The number of benzene rings is 1. The Morgan fingerprint density at radius 3 is 2.05 bits per heavy atom. The van der Waals surface area contributed by atoms with Gasteiger partial charge in [-0.2, -0.15) is 0 Å².